The van der Waals surface area contributed by atoms with E-state index in [0.29, 0.717) is 23.0 Å². The first-order chi connectivity index (χ1) is 14.5. The first-order valence-electron chi connectivity index (χ1n) is 11.6. The molecule has 2 amide bonds. The predicted octanol–water partition coefficient (Wildman–Crippen LogP) is 2.61. The average molecular weight is 415 g/mol. The molecular formula is C24H38N4O2. The van der Waals surface area contributed by atoms with E-state index in [4.69, 9.17) is 0 Å². The van der Waals surface area contributed by atoms with E-state index >= 15 is 0 Å². The number of rotatable bonds is 8. The smallest absolute Gasteiger partial charge is 0.253 e. The molecule has 1 aromatic rings. The van der Waals surface area contributed by atoms with Crippen molar-refractivity contribution < 1.29 is 9.59 Å². The Morgan fingerprint density at radius 3 is 1.40 bits per heavy atom. The summed E-state index contributed by atoms with van der Waals surface area (Å²) in [6.45, 7) is 5.91. The van der Waals surface area contributed by atoms with E-state index in [-0.39, 0.29) is 11.8 Å². The highest BCUT2D eigenvalue weighted by molar-refractivity contribution is 5.97. The second-order valence-electron chi connectivity index (χ2n) is 8.99. The number of hydrogen-bond donors (Lipinski definition) is 2. The predicted molar refractivity (Wildman–Crippen MR) is 121 cm³/mol. The number of piperidine rings is 2. The van der Waals surface area contributed by atoms with Crippen LogP contribution in [-0.4, -0.2) is 75.0 Å². The fourth-order valence-electron chi connectivity index (χ4n) is 4.49. The molecule has 6 heteroatoms. The molecule has 166 valence electrons. The molecule has 0 atom stereocenters. The molecule has 6 nitrogen and oxygen atoms in total. The van der Waals surface area contributed by atoms with Gasteiger partial charge in [-0.1, -0.05) is 0 Å². The molecule has 1 aromatic carbocycles. The monoisotopic (exact) mass is 414 g/mol. The lowest BCUT2D eigenvalue weighted by atomic mass is 9.94. The van der Waals surface area contributed by atoms with Crippen LogP contribution in [0.5, 0.6) is 0 Å². The Morgan fingerprint density at radius 2 is 1.07 bits per heavy atom. The number of hydrogen-bond acceptors (Lipinski definition) is 4. The van der Waals surface area contributed by atoms with Crippen LogP contribution in [-0.2, 0) is 0 Å². The first kappa shape index (κ1) is 22.8. The highest BCUT2D eigenvalue weighted by Crippen LogP contribution is 2.18. The topological polar surface area (TPSA) is 64.7 Å². The van der Waals surface area contributed by atoms with Gasteiger partial charge in [-0.15, -0.1) is 0 Å². The van der Waals surface area contributed by atoms with Gasteiger partial charge in [-0.3, -0.25) is 9.59 Å². The van der Waals surface area contributed by atoms with Crippen molar-refractivity contribution in [3.63, 3.8) is 0 Å². The molecule has 2 saturated heterocycles. The molecular weight excluding hydrogens is 376 g/mol. The van der Waals surface area contributed by atoms with Crippen molar-refractivity contribution in [2.24, 2.45) is 11.8 Å². The normalized spacial score (nSPS) is 18.2. The van der Waals surface area contributed by atoms with E-state index in [9.17, 15) is 9.59 Å². The van der Waals surface area contributed by atoms with E-state index in [1.807, 2.05) is 23.9 Å². The lowest BCUT2D eigenvalue weighted by molar-refractivity contribution is 0.0772. The minimum absolute atomic E-state index is 0.0298. The summed E-state index contributed by atoms with van der Waals surface area (Å²) < 4.78 is 0. The highest BCUT2D eigenvalue weighted by Gasteiger charge is 2.19. The summed E-state index contributed by atoms with van der Waals surface area (Å²) in [6, 6.07) is 7.16. The fraction of sp³-hybridized carbons (Fsp3) is 0.667. The summed E-state index contributed by atoms with van der Waals surface area (Å²) in [5.41, 5.74) is 1.30. The molecule has 2 heterocycles. The van der Waals surface area contributed by atoms with Gasteiger partial charge in [0, 0.05) is 38.3 Å². The Morgan fingerprint density at radius 1 is 0.733 bits per heavy atom. The first-order valence-corrected chi connectivity index (χ1v) is 11.6. The van der Waals surface area contributed by atoms with Gasteiger partial charge in [-0.25, -0.2) is 0 Å². The maximum atomic E-state index is 12.7. The third-order valence-corrected chi connectivity index (χ3v) is 6.74. The zero-order valence-electron chi connectivity index (χ0n) is 18.7. The van der Waals surface area contributed by atoms with Gasteiger partial charge in [-0.05, 0) is 101 Å². The summed E-state index contributed by atoms with van der Waals surface area (Å²) in [4.78, 5) is 29.1. The van der Waals surface area contributed by atoms with Gasteiger partial charge in [0.25, 0.3) is 11.8 Å². The number of carbonyl (C=O) groups is 2. The zero-order valence-corrected chi connectivity index (χ0v) is 18.7. The summed E-state index contributed by atoms with van der Waals surface area (Å²) in [5, 5.41) is 6.77. The van der Waals surface area contributed by atoms with Crippen molar-refractivity contribution in [3.05, 3.63) is 35.4 Å². The highest BCUT2D eigenvalue weighted by atomic mass is 16.2. The van der Waals surface area contributed by atoms with Crippen LogP contribution >= 0.6 is 0 Å². The van der Waals surface area contributed by atoms with Crippen molar-refractivity contribution in [2.75, 3.05) is 53.4 Å². The molecule has 0 saturated carbocycles. The average Bonchev–Trinajstić information content (AvgIpc) is 2.81. The van der Waals surface area contributed by atoms with Crippen LogP contribution in [0.3, 0.4) is 0 Å². The van der Waals surface area contributed by atoms with Gasteiger partial charge < -0.3 is 20.4 Å². The van der Waals surface area contributed by atoms with Crippen LogP contribution < -0.4 is 10.6 Å². The van der Waals surface area contributed by atoms with Crippen molar-refractivity contribution >= 4 is 11.8 Å². The standard InChI is InChI=1S/C24H38N4O2/c1-27(17-11-19-7-13-25-14-8-19)23(29)21-3-5-22(6-4-21)24(30)28(2)18-12-20-9-15-26-16-10-20/h3-6,19-20,25-26H,7-18H2,1-2H3. The van der Waals surface area contributed by atoms with Gasteiger partial charge >= 0.3 is 0 Å². The molecule has 0 aliphatic carbocycles. The van der Waals surface area contributed by atoms with Crippen molar-refractivity contribution in [1.82, 2.24) is 20.4 Å². The van der Waals surface area contributed by atoms with Gasteiger partial charge in [-0.2, -0.15) is 0 Å². The van der Waals surface area contributed by atoms with Crippen LogP contribution in [0, 0.1) is 11.8 Å². The van der Waals surface area contributed by atoms with E-state index in [1.165, 1.54) is 25.7 Å². The summed E-state index contributed by atoms with van der Waals surface area (Å²) in [5.74, 6) is 1.48. The number of benzene rings is 1. The van der Waals surface area contributed by atoms with E-state index in [1.54, 1.807) is 24.3 Å². The Kier molecular flexibility index (Phi) is 8.70. The lowest BCUT2D eigenvalue weighted by Gasteiger charge is -2.26. The van der Waals surface area contributed by atoms with Crippen LogP contribution in [0.4, 0.5) is 0 Å². The minimum atomic E-state index is 0.0298. The Labute approximate surface area is 181 Å². The maximum Gasteiger partial charge on any atom is 0.253 e. The van der Waals surface area contributed by atoms with Crippen molar-refractivity contribution in [1.29, 1.82) is 0 Å². The second-order valence-corrected chi connectivity index (χ2v) is 8.99. The van der Waals surface area contributed by atoms with Crippen LogP contribution in [0.2, 0.25) is 0 Å². The molecule has 0 spiro atoms. The van der Waals surface area contributed by atoms with Gasteiger partial charge in [0.1, 0.15) is 0 Å². The third kappa shape index (κ3) is 6.54. The van der Waals surface area contributed by atoms with Crippen LogP contribution in [0.15, 0.2) is 24.3 Å². The summed E-state index contributed by atoms with van der Waals surface area (Å²) in [7, 11) is 3.74. The number of carbonyl (C=O) groups excluding carboxylic acids is 2. The van der Waals surface area contributed by atoms with Gasteiger partial charge in [0.2, 0.25) is 0 Å². The molecule has 0 aromatic heterocycles. The molecule has 2 aliphatic heterocycles. The van der Waals surface area contributed by atoms with Crippen LogP contribution in [0.25, 0.3) is 0 Å². The Bertz CT molecular complexity index is 620. The van der Waals surface area contributed by atoms with E-state index < -0.39 is 0 Å². The van der Waals surface area contributed by atoms with Crippen molar-refractivity contribution in [3.8, 4) is 0 Å². The number of nitrogens with one attached hydrogen (secondary N) is 2. The Balaban J connectivity index is 1.46. The largest absolute Gasteiger partial charge is 0.342 e. The summed E-state index contributed by atoms with van der Waals surface area (Å²) in [6.07, 6.45) is 6.91. The van der Waals surface area contributed by atoms with Gasteiger partial charge in [0.05, 0.1) is 0 Å². The SMILES string of the molecule is CN(CCC1CCNCC1)C(=O)c1ccc(C(=O)N(C)CCC2CCNCC2)cc1. The second kappa shape index (κ2) is 11.5. The molecule has 30 heavy (non-hydrogen) atoms. The molecule has 3 rings (SSSR count). The molecule has 2 aliphatic rings. The molecule has 2 N–H and O–H groups in total. The van der Waals surface area contributed by atoms with E-state index in [0.717, 1.165) is 52.1 Å². The third-order valence-electron chi connectivity index (χ3n) is 6.74. The molecule has 0 radical (unpaired) electrons. The molecule has 2 fully saturated rings. The number of nitrogens with zero attached hydrogens (tertiary/aromatic N) is 2. The van der Waals surface area contributed by atoms with Crippen LogP contribution in [0.1, 0.15) is 59.2 Å². The fourth-order valence-corrected chi connectivity index (χ4v) is 4.49. The Hall–Kier alpha value is -1.92. The lowest BCUT2D eigenvalue weighted by Crippen LogP contribution is -2.33. The zero-order chi connectivity index (χ0) is 21.3. The summed E-state index contributed by atoms with van der Waals surface area (Å²) >= 11 is 0. The maximum absolute atomic E-state index is 12.7. The molecule has 0 unspecified atom stereocenters. The molecule has 0 bridgehead atoms. The van der Waals surface area contributed by atoms with E-state index in [2.05, 4.69) is 10.6 Å². The van der Waals surface area contributed by atoms with Crippen molar-refractivity contribution in [2.45, 2.75) is 38.5 Å². The quantitative estimate of drug-likeness (QED) is 0.686. The van der Waals surface area contributed by atoms with Gasteiger partial charge in [0.15, 0.2) is 0 Å². The number of amides is 2. The minimum Gasteiger partial charge on any atom is -0.342 e.